The number of amides is 2. The molecule has 202 valence electrons. The largest absolute Gasteiger partial charge is 0.573 e. The van der Waals surface area contributed by atoms with Gasteiger partial charge >= 0.3 is 12.5 Å². The smallest absolute Gasteiger partial charge is 0.493 e. The zero-order valence-electron chi connectivity index (χ0n) is 19.7. The molecule has 0 aliphatic rings. The van der Waals surface area contributed by atoms with E-state index in [1.165, 1.54) is 25.3 Å². The van der Waals surface area contributed by atoms with Gasteiger partial charge in [0, 0.05) is 18.0 Å². The number of methoxy groups -OCH3 is 1. The van der Waals surface area contributed by atoms with Crippen LogP contribution in [0.5, 0.6) is 23.0 Å². The zero-order valence-corrected chi connectivity index (χ0v) is 19.7. The average molecular weight is 543 g/mol. The van der Waals surface area contributed by atoms with Crippen LogP contribution in [0.3, 0.4) is 0 Å². The first-order chi connectivity index (χ1) is 17.7. The second-order valence-electron chi connectivity index (χ2n) is 7.57. The van der Waals surface area contributed by atoms with Gasteiger partial charge in [-0.15, -0.1) is 13.2 Å². The molecule has 1 aromatic heterocycles. The maximum atomic E-state index is 13.6. The molecule has 14 heteroatoms. The Morgan fingerprint density at radius 1 is 0.974 bits per heavy atom. The van der Waals surface area contributed by atoms with Crippen LogP contribution in [0, 0.1) is 0 Å². The summed E-state index contributed by atoms with van der Waals surface area (Å²) in [5.41, 5.74) is 3.61. The van der Waals surface area contributed by atoms with Gasteiger partial charge in [0.25, 0.3) is 11.8 Å². The molecule has 3 aromatic rings. The van der Waals surface area contributed by atoms with Crippen molar-refractivity contribution < 1.29 is 50.1 Å². The van der Waals surface area contributed by atoms with Crippen molar-refractivity contribution >= 4 is 17.5 Å². The minimum absolute atomic E-state index is 0.0264. The molecule has 0 radical (unpaired) electrons. The number of carbonyl (C=O) groups is 2. The van der Waals surface area contributed by atoms with Gasteiger partial charge in [0.15, 0.2) is 11.5 Å². The maximum Gasteiger partial charge on any atom is 0.573 e. The fourth-order valence-corrected chi connectivity index (χ4v) is 3.34. The molecule has 2 amide bonds. The van der Waals surface area contributed by atoms with Crippen molar-refractivity contribution in [1.29, 1.82) is 0 Å². The molecular weight excluding hydrogens is 524 g/mol. The Labute approximate surface area is 211 Å². The van der Waals surface area contributed by atoms with E-state index in [2.05, 4.69) is 15.0 Å². The van der Waals surface area contributed by atoms with Gasteiger partial charge in [-0.2, -0.15) is 13.2 Å². The Balaban J connectivity index is 2.10. The topological polar surface area (TPSA) is 113 Å². The molecule has 0 spiro atoms. The number of hydrogen-bond donors (Lipinski definition) is 2. The molecule has 38 heavy (non-hydrogen) atoms. The van der Waals surface area contributed by atoms with Crippen LogP contribution in [-0.2, 0) is 12.6 Å². The van der Waals surface area contributed by atoms with Crippen LogP contribution in [0.25, 0.3) is 0 Å². The third kappa shape index (κ3) is 6.83. The molecule has 0 bridgehead atoms. The Morgan fingerprint density at radius 3 is 2.26 bits per heavy atom. The number of pyridine rings is 1. The van der Waals surface area contributed by atoms with Crippen molar-refractivity contribution in [1.82, 2.24) is 4.98 Å². The van der Waals surface area contributed by atoms with Crippen molar-refractivity contribution in [2.45, 2.75) is 25.9 Å². The number of aryl methyl sites for hydroxylation is 1. The van der Waals surface area contributed by atoms with Gasteiger partial charge in [-0.25, -0.2) is 0 Å². The first-order valence-electron chi connectivity index (χ1n) is 10.6. The van der Waals surface area contributed by atoms with Crippen molar-refractivity contribution in [3.63, 3.8) is 0 Å². The fraction of sp³-hybridized carbons (Fsp3) is 0.208. The number of nitrogens with two attached hydrogens (primary N) is 1. The highest BCUT2D eigenvalue weighted by molar-refractivity contribution is 6.08. The number of nitrogens with one attached hydrogen (secondary N) is 1. The number of primary amides is 1. The normalized spacial score (nSPS) is 11.6. The quantitative estimate of drug-likeness (QED) is 0.352. The van der Waals surface area contributed by atoms with Crippen molar-refractivity contribution in [3.8, 4) is 23.0 Å². The highest BCUT2D eigenvalue weighted by atomic mass is 19.4. The predicted octanol–water partition coefficient (Wildman–Crippen LogP) is 5.71. The summed E-state index contributed by atoms with van der Waals surface area (Å²) < 4.78 is 93.0. The van der Waals surface area contributed by atoms with E-state index in [-0.39, 0.29) is 40.4 Å². The monoisotopic (exact) mass is 543 g/mol. The standard InChI is InChI=1S/C24H19F6N3O5/c1-3-12-8-13(23(25,26)27)9-19(20(12)22(35)33-14-6-7-32-16(10-14)21(31)34)37-17-5-4-15(11-18(17)36-2)38-24(28,29)30/h4-11H,3H2,1-2H3,(H2,31,34)(H,32,33,35). The van der Waals surface area contributed by atoms with Crippen LogP contribution >= 0.6 is 0 Å². The second kappa shape index (κ2) is 10.9. The van der Waals surface area contributed by atoms with Crippen LogP contribution in [0.4, 0.5) is 32.0 Å². The van der Waals surface area contributed by atoms with Crippen LogP contribution in [0.1, 0.15) is 38.9 Å². The third-order valence-corrected chi connectivity index (χ3v) is 4.98. The van der Waals surface area contributed by atoms with E-state index in [4.69, 9.17) is 15.2 Å². The highest BCUT2D eigenvalue weighted by Gasteiger charge is 2.34. The van der Waals surface area contributed by atoms with E-state index in [0.29, 0.717) is 6.07 Å². The van der Waals surface area contributed by atoms with Crippen LogP contribution in [-0.4, -0.2) is 30.3 Å². The molecule has 3 rings (SSSR count). The molecule has 0 aliphatic carbocycles. The van der Waals surface area contributed by atoms with Crippen molar-refractivity contribution in [2.24, 2.45) is 5.73 Å². The molecule has 8 nitrogen and oxygen atoms in total. The lowest BCUT2D eigenvalue weighted by molar-refractivity contribution is -0.274. The Hall–Kier alpha value is -4.49. The van der Waals surface area contributed by atoms with Crippen LogP contribution in [0.2, 0.25) is 0 Å². The van der Waals surface area contributed by atoms with E-state index < -0.39 is 41.4 Å². The molecule has 2 aromatic carbocycles. The van der Waals surface area contributed by atoms with E-state index in [1.54, 1.807) is 0 Å². The molecule has 0 fully saturated rings. The molecule has 0 saturated carbocycles. The summed E-state index contributed by atoms with van der Waals surface area (Å²) in [5, 5.41) is 2.45. The minimum atomic E-state index is -5.00. The van der Waals surface area contributed by atoms with Gasteiger partial charge in [0.2, 0.25) is 0 Å². The summed E-state index contributed by atoms with van der Waals surface area (Å²) in [5.74, 6) is -3.60. The van der Waals surface area contributed by atoms with Crippen molar-refractivity contribution in [3.05, 3.63) is 71.0 Å². The summed E-state index contributed by atoms with van der Waals surface area (Å²) in [7, 11) is 1.09. The third-order valence-electron chi connectivity index (χ3n) is 4.98. The Kier molecular flexibility index (Phi) is 8.03. The summed E-state index contributed by atoms with van der Waals surface area (Å²) in [6.07, 6.45) is -8.65. The van der Waals surface area contributed by atoms with Crippen LogP contribution < -0.4 is 25.3 Å². The van der Waals surface area contributed by atoms with Crippen molar-refractivity contribution in [2.75, 3.05) is 12.4 Å². The number of alkyl halides is 6. The van der Waals surface area contributed by atoms with E-state index in [1.807, 2.05) is 0 Å². The SMILES string of the molecule is CCc1cc(C(F)(F)F)cc(Oc2ccc(OC(F)(F)F)cc2OC)c1C(=O)Nc1ccnc(C(N)=O)c1. The summed E-state index contributed by atoms with van der Waals surface area (Å²) in [6.45, 7) is 1.51. The number of hydrogen-bond acceptors (Lipinski definition) is 6. The Bertz CT molecular complexity index is 1360. The summed E-state index contributed by atoms with van der Waals surface area (Å²) in [4.78, 5) is 28.4. The van der Waals surface area contributed by atoms with Gasteiger partial charge in [-0.1, -0.05) is 6.92 Å². The number of aromatic nitrogens is 1. The summed E-state index contributed by atoms with van der Waals surface area (Å²) in [6, 6.07) is 6.51. The molecule has 0 unspecified atom stereocenters. The molecular formula is C24H19F6N3O5. The molecule has 0 aliphatic heterocycles. The molecule has 0 saturated heterocycles. The first-order valence-corrected chi connectivity index (χ1v) is 10.6. The van der Waals surface area contributed by atoms with Gasteiger partial charge in [0.05, 0.1) is 18.2 Å². The van der Waals surface area contributed by atoms with Crippen LogP contribution in [0.15, 0.2) is 48.7 Å². The van der Waals surface area contributed by atoms with Gasteiger partial charge in [-0.05, 0) is 48.4 Å². The predicted molar refractivity (Wildman–Crippen MR) is 121 cm³/mol. The van der Waals surface area contributed by atoms with Gasteiger partial charge < -0.3 is 25.3 Å². The Morgan fingerprint density at radius 2 is 1.68 bits per heavy atom. The number of carbonyl (C=O) groups excluding carboxylic acids is 2. The number of halogens is 6. The van der Waals surface area contributed by atoms with E-state index in [9.17, 15) is 35.9 Å². The van der Waals surface area contributed by atoms with Gasteiger partial charge in [-0.3, -0.25) is 14.6 Å². The molecule has 1 heterocycles. The number of nitrogens with zero attached hydrogens (tertiary/aromatic N) is 1. The lowest BCUT2D eigenvalue weighted by Gasteiger charge is -2.19. The number of rotatable bonds is 8. The second-order valence-corrected chi connectivity index (χ2v) is 7.57. The van der Waals surface area contributed by atoms with E-state index >= 15 is 0 Å². The number of anilines is 1. The maximum absolute atomic E-state index is 13.6. The van der Waals surface area contributed by atoms with Gasteiger partial charge in [0.1, 0.15) is 17.2 Å². The zero-order chi connectivity index (χ0) is 28.3. The molecule has 3 N–H and O–H groups in total. The minimum Gasteiger partial charge on any atom is -0.493 e. The fourth-order valence-electron chi connectivity index (χ4n) is 3.34. The lowest BCUT2D eigenvalue weighted by atomic mass is 9.99. The number of benzene rings is 2. The average Bonchev–Trinajstić information content (AvgIpc) is 2.82. The highest BCUT2D eigenvalue weighted by Crippen LogP contribution is 2.41. The summed E-state index contributed by atoms with van der Waals surface area (Å²) >= 11 is 0. The first kappa shape index (κ1) is 28.1. The number of ether oxygens (including phenoxy) is 3. The van der Waals surface area contributed by atoms with E-state index in [0.717, 1.165) is 31.4 Å². The molecule has 0 atom stereocenters. The lowest BCUT2D eigenvalue weighted by Crippen LogP contribution is -2.18.